The van der Waals surface area contributed by atoms with Crippen molar-refractivity contribution in [3.05, 3.63) is 34.6 Å². The Labute approximate surface area is 110 Å². The van der Waals surface area contributed by atoms with Gasteiger partial charge in [-0.15, -0.1) is 0 Å². The van der Waals surface area contributed by atoms with E-state index in [1.807, 2.05) is 0 Å². The number of carbonyl (C=O) groups is 1. The highest BCUT2D eigenvalue weighted by molar-refractivity contribution is 6.30. The molecule has 0 aliphatic carbocycles. The molecule has 1 aromatic carbocycles. The molecule has 0 bridgehead atoms. The minimum atomic E-state index is -0.741. The monoisotopic (exact) mass is 271 g/mol. The first kappa shape index (κ1) is 13.5. The molecule has 0 saturated carbocycles. The lowest BCUT2D eigenvalue weighted by Gasteiger charge is -2.25. The standard InChI is InChI=1S/C13H15ClFNO2/c1-13(7-18-6-10(13)16)11(17)5-8-3-2-4-9(14)12(8)15/h2-4,10H,5-7,16H2,1H3. The second-order valence-electron chi connectivity index (χ2n) is 4.85. The molecule has 1 aliphatic rings. The minimum Gasteiger partial charge on any atom is -0.379 e. The van der Waals surface area contributed by atoms with Crippen molar-refractivity contribution in [1.82, 2.24) is 0 Å². The molecular formula is C13H15ClFNO2. The summed E-state index contributed by atoms with van der Waals surface area (Å²) >= 11 is 5.68. The van der Waals surface area contributed by atoms with Crippen LogP contribution in [0.2, 0.25) is 5.02 Å². The Morgan fingerprint density at radius 2 is 2.39 bits per heavy atom. The van der Waals surface area contributed by atoms with E-state index in [4.69, 9.17) is 22.1 Å². The van der Waals surface area contributed by atoms with Gasteiger partial charge in [0.05, 0.1) is 23.7 Å². The SMILES string of the molecule is CC1(C(=O)Cc2cccc(Cl)c2F)COCC1N. The van der Waals surface area contributed by atoms with Gasteiger partial charge in [0.2, 0.25) is 0 Å². The molecule has 5 heteroatoms. The Morgan fingerprint density at radius 1 is 1.67 bits per heavy atom. The highest BCUT2D eigenvalue weighted by Gasteiger charge is 2.43. The maximum atomic E-state index is 13.7. The van der Waals surface area contributed by atoms with Crippen LogP contribution in [0, 0.1) is 11.2 Å². The van der Waals surface area contributed by atoms with Gasteiger partial charge in [0.15, 0.2) is 0 Å². The van der Waals surface area contributed by atoms with Gasteiger partial charge in [0, 0.05) is 12.5 Å². The summed E-state index contributed by atoms with van der Waals surface area (Å²) in [6.07, 6.45) is -0.0139. The van der Waals surface area contributed by atoms with E-state index in [2.05, 4.69) is 0 Å². The Bertz CT molecular complexity index is 480. The Hall–Kier alpha value is -0.970. The van der Waals surface area contributed by atoms with Gasteiger partial charge in [-0.3, -0.25) is 4.79 Å². The fourth-order valence-electron chi connectivity index (χ4n) is 2.04. The van der Waals surface area contributed by atoms with Gasteiger partial charge < -0.3 is 10.5 Å². The van der Waals surface area contributed by atoms with Crippen molar-refractivity contribution in [3.63, 3.8) is 0 Å². The summed E-state index contributed by atoms with van der Waals surface area (Å²) in [6, 6.07) is 4.30. The Balaban J connectivity index is 2.19. The number of nitrogens with two attached hydrogens (primary N) is 1. The van der Waals surface area contributed by atoms with E-state index in [0.29, 0.717) is 12.2 Å². The molecule has 0 radical (unpaired) electrons. The van der Waals surface area contributed by atoms with Crippen molar-refractivity contribution in [2.45, 2.75) is 19.4 Å². The number of hydrogen-bond acceptors (Lipinski definition) is 3. The number of ether oxygens (including phenoxy) is 1. The zero-order valence-electron chi connectivity index (χ0n) is 10.1. The lowest BCUT2D eigenvalue weighted by Crippen LogP contribution is -2.45. The number of benzene rings is 1. The highest BCUT2D eigenvalue weighted by Crippen LogP contribution is 2.30. The summed E-state index contributed by atoms with van der Waals surface area (Å²) in [5.41, 5.74) is 5.43. The van der Waals surface area contributed by atoms with E-state index in [0.717, 1.165) is 0 Å². The fraction of sp³-hybridized carbons (Fsp3) is 0.462. The average molecular weight is 272 g/mol. The Morgan fingerprint density at radius 3 is 3.00 bits per heavy atom. The van der Waals surface area contributed by atoms with Crippen LogP contribution < -0.4 is 5.73 Å². The molecule has 98 valence electrons. The first-order valence-corrected chi connectivity index (χ1v) is 6.12. The molecular weight excluding hydrogens is 257 g/mol. The first-order chi connectivity index (χ1) is 8.45. The average Bonchev–Trinajstić information content (AvgIpc) is 2.67. The number of rotatable bonds is 3. The molecule has 1 aromatic rings. The molecule has 1 fully saturated rings. The molecule has 1 aliphatic heterocycles. The summed E-state index contributed by atoms with van der Waals surface area (Å²) in [7, 11) is 0. The molecule has 0 spiro atoms. The number of carbonyl (C=O) groups excluding carboxylic acids is 1. The smallest absolute Gasteiger partial charge is 0.147 e. The summed E-state index contributed by atoms with van der Waals surface area (Å²) in [5.74, 6) is -0.655. The van der Waals surface area contributed by atoms with Crippen LogP contribution in [0.3, 0.4) is 0 Å². The molecule has 0 amide bonds. The normalized spacial score (nSPS) is 27.4. The van der Waals surface area contributed by atoms with Crippen LogP contribution in [0.25, 0.3) is 0 Å². The van der Waals surface area contributed by atoms with E-state index in [9.17, 15) is 9.18 Å². The van der Waals surface area contributed by atoms with Gasteiger partial charge in [0.25, 0.3) is 0 Å². The van der Waals surface area contributed by atoms with Crippen LogP contribution in [-0.4, -0.2) is 25.0 Å². The molecule has 2 atom stereocenters. The molecule has 1 heterocycles. The molecule has 2 unspecified atom stereocenters. The van der Waals surface area contributed by atoms with E-state index in [1.165, 1.54) is 6.07 Å². The maximum absolute atomic E-state index is 13.7. The lowest BCUT2D eigenvalue weighted by atomic mass is 9.79. The van der Waals surface area contributed by atoms with Crippen LogP contribution in [-0.2, 0) is 16.0 Å². The van der Waals surface area contributed by atoms with Crippen LogP contribution >= 0.6 is 11.6 Å². The summed E-state index contributed by atoms with van der Waals surface area (Å²) < 4.78 is 18.9. The second kappa shape index (κ2) is 4.96. The van der Waals surface area contributed by atoms with Crippen LogP contribution in [0.15, 0.2) is 18.2 Å². The number of Topliss-reactive ketones (excluding diaryl/α,β-unsaturated/α-hetero) is 1. The minimum absolute atomic E-state index is 0.0139. The topological polar surface area (TPSA) is 52.3 Å². The molecule has 2 N–H and O–H groups in total. The largest absolute Gasteiger partial charge is 0.379 e. The summed E-state index contributed by atoms with van der Waals surface area (Å²) in [5, 5.41) is 0.0254. The maximum Gasteiger partial charge on any atom is 0.147 e. The van der Waals surface area contributed by atoms with Gasteiger partial charge in [0.1, 0.15) is 11.6 Å². The quantitative estimate of drug-likeness (QED) is 0.914. The molecule has 1 saturated heterocycles. The van der Waals surface area contributed by atoms with Crippen LogP contribution in [0.5, 0.6) is 0 Å². The predicted octanol–water partition coefficient (Wildman–Crippen LogP) is 1.95. The molecule has 3 nitrogen and oxygen atoms in total. The molecule has 0 aromatic heterocycles. The third kappa shape index (κ3) is 2.28. The van der Waals surface area contributed by atoms with Gasteiger partial charge in [-0.25, -0.2) is 4.39 Å². The van der Waals surface area contributed by atoms with E-state index in [1.54, 1.807) is 19.1 Å². The zero-order chi connectivity index (χ0) is 13.3. The van der Waals surface area contributed by atoms with Crippen molar-refractivity contribution in [1.29, 1.82) is 0 Å². The first-order valence-electron chi connectivity index (χ1n) is 5.74. The van der Waals surface area contributed by atoms with Gasteiger partial charge in [-0.1, -0.05) is 23.7 Å². The predicted molar refractivity (Wildman–Crippen MR) is 67.0 cm³/mol. The number of ketones is 1. The zero-order valence-corrected chi connectivity index (χ0v) is 10.8. The van der Waals surface area contributed by atoms with E-state index < -0.39 is 11.2 Å². The fourth-order valence-corrected chi connectivity index (χ4v) is 2.23. The lowest BCUT2D eigenvalue weighted by molar-refractivity contribution is -0.127. The van der Waals surface area contributed by atoms with Crippen molar-refractivity contribution in [3.8, 4) is 0 Å². The third-order valence-corrected chi connectivity index (χ3v) is 3.83. The second-order valence-corrected chi connectivity index (χ2v) is 5.26. The molecule has 2 rings (SSSR count). The van der Waals surface area contributed by atoms with E-state index >= 15 is 0 Å². The van der Waals surface area contributed by atoms with Crippen LogP contribution in [0.4, 0.5) is 4.39 Å². The summed E-state index contributed by atoms with van der Waals surface area (Å²) in [6.45, 7) is 2.41. The van der Waals surface area contributed by atoms with Gasteiger partial charge in [-0.05, 0) is 18.6 Å². The number of hydrogen-bond donors (Lipinski definition) is 1. The third-order valence-electron chi connectivity index (χ3n) is 3.54. The summed E-state index contributed by atoms with van der Waals surface area (Å²) in [4.78, 5) is 12.2. The number of halogens is 2. The van der Waals surface area contributed by atoms with Crippen molar-refractivity contribution in [2.75, 3.05) is 13.2 Å². The van der Waals surface area contributed by atoms with Crippen molar-refractivity contribution in [2.24, 2.45) is 11.1 Å². The van der Waals surface area contributed by atoms with Gasteiger partial charge in [-0.2, -0.15) is 0 Å². The Kier molecular flexibility index (Phi) is 3.71. The van der Waals surface area contributed by atoms with Gasteiger partial charge >= 0.3 is 0 Å². The van der Waals surface area contributed by atoms with Crippen LogP contribution in [0.1, 0.15) is 12.5 Å². The van der Waals surface area contributed by atoms with Crippen molar-refractivity contribution < 1.29 is 13.9 Å². The van der Waals surface area contributed by atoms with E-state index in [-0.39, 0.29) is 29.9 Å². The molecule has 18 heavy (non-hydrogen) atoms. The van der Waals surface area contributed by atoms with Crippen molar-refractivity contribution >= 4 is 17.4 Å². The highest BCUT2D eigenvalue weighted by atomic mass is 35.5.